The third-order valence-electron chi connectivity index (χ3n) is 4.06. The molecule has 142 valence electrons. The van der Waals surface area contributed by atoms with Gasteiger partial charge in [-0.1, -0.05) is 32.1 Å². The van der Waals surface area contributed by atoms with E-state index in [1.165, 1.54) is 0 Å². The SMILES string of the molecule is C=CCOc1ccc(C(=O)C=Cc2cc(OC)c(CCC)c(OC)c2)cc1. The first-order chi connectivity index (χ1) is 13.1. The molecule has 0 bridgehead atoms. The second kappa shape index (κ2) is 10.2. The van der Waals surface area contributed by atoms with Crippen molar-refractivity contribution in [3.05, 3.63) is 71.8 Å². The zero-order valence-corrected chi connectivity index (χ0v) is 16.2. The minimum absolute atomic E-state index is 0.0826. The molecule has 2 aromatic rings. The fourth-order valence-corrected chi connectivity index (χ4v) is 2.74. The molecule has 27 heavy (non-hydrogen) atoms. The quantitative estimate of drug-likeness (QED) is 0.333. The third kappa shape index (κ3) is 5.48. The number of carbonyl (C=O) groups is 1. The van der Waals surface area contributed by atoms with Gasteiger partial charge in [0.05, 0.1) is 14.2 Å². The average molecular weight is 366 g/mol. The van der Waals surface area contributed by atoms with Crippen molar-refractivity contribution in [1.82, 2.24) is 0 Å². The molecule has 0 aliphatic rings. The van der Waals surface area contributed by atoms with E-state index in [0.717, 1.165) is 35.5 Å². The standard InChI is InChI=1S/C23H26O4/c1-5-7-20-22(25-3)15-17(16-23(20)26-4)8-13-21(24)18-9-11-19(12-10-18)27-14-6-2/h6,8-13,15-16H,2,5,7,14H2,1,3-4H3. The molecule has 0 aromatic heterocycles. The Morgan fingerprint density at radius 2 is 1.70 bits per heavy atom. The number of hydrogen-bond acceptors (Lipinski definition) is 4. The van der Waals surface area contributed by atoms with E-state index >= 15 is 0 Å². The first kappa shape index (κ1) is 20.3. The maximum atomic E-state index is 12.4. The molecule has 0 spiro atoms. The summed E-state index contributed by atoms with van der Waals surface area (Å²) in [6.45, 7) is 6.15. The maximum Gasteiger partial charge on any atom is 0.185 e. The van der Waals surface area contributed by atoms with Crippen LogP contribution in [0.2, 0.25) is 0 Å². The molecule has 0 atom stereocenters. The number of rotatable bonds is 10. The van der Waals surface area contributed by atoms with Gasteiger partial charge >= 0.3 is 0 Å². The van der Waals surface area contributed by atoms with Crippen LogP contribution < -0.4 is 14.2 Å². The van der Waals surface area contributed by atoms with Gasteiger partial charge < -0.3 is 14.2 Å². The molecule has 4 heteroatoms. The fraction of sp³-hybridized carbons (Fsp3) is 0.261. The first-order valence-electron chi connectivity index (χ1n) is 8.94. The van der Waals surface area contributed by atoms with Gasteiger partial charge in [-0.15, -0.1) is 0 Å². The Labute approximate surface area is 161 Å². The van der Waals surface area contributed by atoms with Crippen molar-refractivity contribution in [3.8, 4) is 17.2 Å². The summed E-state index contributed by atoms with van der Waals surface area (Å²) in [5.74, 6) is 2.16. The molecule has 0 amide bonds. The highest BCUT2D eigenvalue weighted by atomic mass is 16.5. The van der Waals surface area contributed by atoms with Crippen molar-refractivity contribution in [3.63, 3.8) is 0 Å². The van der Waals surface area contributed by atoms with Crippen LogP contribution in [0.3, 0.4) is 0 Å². The van der Waals surface area contributed by atoms with Gasteiger partial charge in [0.15, 0.2) is 5.78 Å². The van der Waals surface area contributed by atoms with Crippen LogP contribution in [-0.4, -0.2) is 26.6 Å². The van der Waals surface area contributed by atoms with Crippen molar-refractivity contribution in [2.45, 2.75) is 19.8 Å². The number of benzene rings is 2. The summed E-state index contributed by atoms with van der Waals surface area (Å²) in [7, 11) is 3.28. The van der Waals surface area contributed by atoms with E-state index in [2.05, 4.69) is 13.5 Å². The lowest BCUT2D eigenvalue weighted by atomic mass is 10.0. The number of hydrogen-bond donors (Lipinski definition) is 0. The van der Waals surface area contributed by atoms with Crippen molar-refractivity contribution in [1.29, 1.82) is 0 Å². The predicted octanol–water partition coefficient (Wildman–Crippen LogP) is 5.12. The summed E-state index contributed by atoms with van der Waals surface area (Å²) in [4.78, 5) is 12.4. The average Bonchev–Trinajstić information content (AvgIpc) is 2.71. The van der Waals surface area contributed by atoms with Crippen LogP contribution in [0.15, 0.2) is 55.1 Å². The minimum atomic E-state index is -0.0826. The number of methoxy groups -OCH3 is 2. The maximum absolute atomic E-state index is 12.4. The Kier molecular flexibility index (Phi) is 7.68. The molecule has 0 saturated carbocycles. The number of ether oxygens (including phenoxy) is 3. The van der Waals surface area contributed by atoms with Crippen LogP contribution in [0, 0.1) is 0 Å². The zero-order valence-electron chi connectivity index (χ0n) is 16.2. The van der Waals surface area contributed by atoms with Gasteiger partial charge in [0.2, 0.25) is 0 Å². The van der Waals surface area contributed by atoms with Gasteiger partial charge in [0.1, 0.15) is 23.9 Å². The summed E-state index contributed by atoms with van der Waals surface area (Å²) in [5.41, 5.74) is 2.49. The summed E-state index contributed by atoms with van der Waals surface area (Å²) in [5, 5.41) is 0. The van der Waals surface area contributed by atoms with Crippen LogP contribution in [0.25, 0.3) is 6.08 Å². The molecule has 4 nitrogen and oxygen atoms in total. The number of carbonyl (C=O) groups excluding carboxylic acids is 1. The molecule has 0 N–H and O–H groups in total. The smallest absolute Gasteiger partial charge is 0.185 e. The zero-order chi connectivity index (χ0) is 19.6. The van der Waals surface area contributed by atoms with Gasteiger partial charge in [-0.25, -0.2) is 0 Å². The molecule has 0 saturated heterocycles. The van der Waals surface area contributed by atoms with Gasteiger partial charge in [-0.2, -0.15) is 0 Å². The van der Waals surface area contributed by atoms with E-state index in [1.807, 2.05) is 12.1 Å². The summed E-state index contributed by atoms with van der Waals surface area (Å²) in [6, 6.07) is 10.9. The Morgan fingerprint density at radius 3 is 2.22 bits per heavy atom. The number of ketones is 1. The number of allylic oxidation sites excluding steroid dienone is 1. The Balaban J connectivity index is 2.18. The molecule has 2 rings (SSSR count). The van der Waals surface area contributed by atoms with Gasteiger partial charge in [0, 0.05) is 11.1 Å². The highest BCUT2D eigenvalue weighted by Gasteiger charge is 2.11. The lowest BCUT2D eigenvalue weighted by Crippen LogP contribution is -1.98. The second-order valence-corrected chi connectivity index (χ2v) is 5.98. The largest absolute Gasteiger partial charge is 0.496 e. The van der Waals surface area contributed by atoms with Gasteiger partial charge in [-0.05, 0) is 54.5 Å². The van der Waals surface area contributed by atoms with Crippen molar-refractivity contribution >= 4 is 11.9 Å². The molecular weight excluding hydrogens is 340 g/mol. The molecule has 0 aliphatic carbocycles. The third-order valence-corrected chi connectivity index (χ3v) is 4.06. The Bertz CT molecular complexity index is 779. The van der Waals surface area contributed by atoms with Crippen molar-refractivity contribution in [2.24, 2.45) is 0 Å². The highest BCUT2D eigenvalue weighted by molar-refractivity contribution is 6.06. The Hall–Kier alpha value is -3.01. The lowest BCUT2D eigenvalue weighted by Gasteiger charge is -2.13. The first-order valence-corrected chi connectivity index (χ1v) is 8.94. The molecule has 0 radical (unpaired) electrons. The van der Waals surface area contributed by atoms with Crippen molar-refractivity contribution in [2.75, 3.05) is 20.8 Å². The van der Waals surface area contributed by atoms with Crippen molar-refractivity contribution < 1.29 is 19.0 Å². The van der Waals surface area contributed by atoms with E-state index in [0.29, 0.717) is 17.9 Å². The van der Waals surface area contributed by atoms with Crippen LogP contribution in [-0.2, 0) is 6.42 Å². The Morgan fingerprint density at radius 1 is 1.07 bits per heavy atom. The highest BCUT2D eigenvalue weighted by Crippen LogP contribution is 2.32. The minimum Gasteiger partial charge on any atom is -0.496 e. The summed E-state index contributed by atoms with van der Waals surface area (Å²) in [6.07, 6.45) is 6.86. The monoisotopic (exact) mass is 366 g/mol. The van der Waals surface area contributed by atoms with Crippen LogP contribution in [0.4, 0.5) is 0 Å². The van der Waals surface area contributed by atoms with Crippen LogP contribution >= 0.6 is 0 Å². The molecule has 0 unspecified atom stereocenters. The molecule has 0 fully saturated rings. The fourth-order valence-electron chi connectivity index (χ4n) is 2.74. The van der Waals surface area contributed by atoms with E-state index < -0.39 is 0 Å². The van der Waals surface area contributed by atoms with Gasteiger partial charge in [0.25, 0.3) is 0 Å². The predicted molar refractivity (Wildman–Crippen MR) is 109 cm³/mol. The summed E-state index contributed by atoms with van der Waals surface area (Å²) >= 11 is 0. The topological polar surface area (TPSA) is 44.8 Å². The summed E-state index contributed by atoms with van der Waals surface area (Å²) < 4.78 is 16.4. The second-order valence-electron chi connectivity index (χ2n) is 5.98. The van der Waals surface area contributed by atoms with E-state index in [9.17, 15) is 4.79 Å². The van der Waals surface area contributed by atoms with E-state index in [1.54, 1.807) is 56.7 Å². The van der Waals surface area contributed by atoms with Crippen LogP contribution in [0.1, 0.15) is 34.8 Å². The lowest BCUT2D eigenvalue weighted by molar-refractivity contribution is 0.104. The molecule has 2 aromatic carbocycles. The van der Waals surface area contributed by atoms with E-state index in [4.69, 9.17) is 14.2 Å². The molecular formula is C23H26O4. The molecule has 0 aliphatic heterocycles. The molecule has 0 heterocycles. The van der Waals surface area contributed by atoms with Crippen LogP contribution in [0.5, 0.6) is 17.2 Å². The normalized spacial score (nSPS) is 10.6. The van der Waals surface area contributed by atoms with E-state index in [-0.39, 0.29) is 5.78 Å². The van der Waals surface area contributed by atoms with Gasteiger partial charge in [-0.3, -0.25) is 4.79 Å².